The summed E-state index contributed by atoms with van der Waals surface area (Å²) < 4.78 is 86.0. The van der Waals surface area contributed by atoms with Gasteiger partial charge in [0.05, 0.1) is 0 Å². The summed E-state index contributed by atoms with van der Waals surface area (Å²) in [6, 6.07) is 4.62. The molecule has 25 heavy (non-hydrogen) atoms. The first-order chi connectivity index (χ1) is 11.5. The number of alkyl halides is 6. The van der Waals surface area contributed by atoms with Gasteiger partial charge < -0.3 is 0 Å². The van der Waals surface area contributed by atoms with Crippen molar-refractivity contribution in [3.8, 4) is 0 Å². The van der Waals surface area contributed by atoms with E-state index in [-0.39, 0.29) is 11.4 Å². The van der Waals surface area contributed by atoms with Gasteiger partial charge in [-0.1, -0.05) is 12.1 Å². The Balaban J connectivity index is 2.47. The molecule has 0 atom stereocenters. The summed E-state index contributed by atoms with van der Waals surface area (Å²) in [4.78, 5) is 7.52. The maximum Gasteiger partial charge on any atom is 0.380 e. The van der Waals surface area contributed by atoms with Crippen LogP contribution < -0.4 is 0 Å². The summed E-state index contributed by atoms with van der Waals surface area (Å²) in [5.41, 5.74) is -3.81. The van der Waals surface area contributed by atoms with Crippen LogP contribution in [0.5, 0.6) is 0 Å². The highest BCUT2D eigenvalue weighted by molar-refractivity contribution is 6.01. The van der Waals surface area contributed by atoms with Gasteiger partial charge in [-0.05, 0) is 26.0 Å². The van der Waals surface area contributed by atoms with Crippen molar-refractivity contribution in [3.63, 3.8) is 0 Å². The van der Waals surface area contributed by atoms with Crippen molar-refractivity contribution >= 4 is 11.1 Å². The second-order valence-corrected chi connectivity index (χ2v) is 5.75. The molecule has 0 aliphatic heterocycles. The summed E-state index contributed by atoms with van der Waals surface area (Å²) in [5.74, 6) is -15.7. The SMILES string of the molecule is Cc1ncccc1C1=C(c2cccnc2C)C(F)(F)C(F)(F)C1(F)F. The van der Waals surface area contributed by atoms with Gasteiger partial charge in [-0.15, -0.1) is 0 Å². The normalized spacial score (nSPS) is 20.8. The number of aryl methyl sites for hydroxylation is 2. The lowest BCUT2D eigenvalue weighted by Gasteiger charge is -2.26. The standard InChI is InChI=1S/C17H12F6N2/c1-9-11(5-3-7-24-9)13-14(12-6-4-8-25-10(12)2)16(20,21)17(22,23)15(13,18)19/h3-8H,1-2H3. The molecule has 0 saturated carbocycles. The molecule has 0 unspecified atom stereocenters. The van der Waals surface area contributed by atoms with E-state index in [1.165, 1.54) is 38.4 Å². The van der Waals surface area contributed by atoms with E-state index >= 15 is 0 Å². The fourth-order valence-electron chi connectivity index (χ4n) is 2.93. The third kappa shape index (κ3) is 2.19. The molecule has 2 nitrogen and oxygen atoms in total. The number of hydrogen-bond donors (Lipinski definition) is 0. The zero-order valence-electron chi connectivity index (χ0n) is 13.1. The van der Waals surface area contributed by atoms with Crippen molar-refractivity contribution in [3.05, 3.63) is 59.2 Å². The Labute approximate surface area is 139 Å². The predicted molar refractivity (Wildman–Crippen MR) is 79.6 cm³/mol. The molecular formula is C17H12F6N2. The van der Waals surface area contributed by atoms with Gasteiger partial charge in [-0.25, -0.2) is 0 Å². The molecule has 0 aromatic carbocycles. The van der Waals surface area contributed by atoms with Gasteiger partial charge in [0.25, 0.3) is 0 Å². The predicted octanol–water partition coefficient (Wildman–Crippen LogP) is 4.92. The lowest BCUT2D eigenvalue weighted by atomic mass is 9.93. The van der Waals surface area contributed by atoms with Crippen LogP contribution in [0, 0.1) is 13.8 Å². The summed E-state index contributed by atoms with van der Waals surface area (Å²) in [6.45, 7) is 2.58. The molecule has 1 aliphatic carbocycles. The number of allylic oxidation sites excluding steroid dienone is 2. The first-order valence-corrected chi connectivity index (χ1v) is 7.26. The van der Waals surface area contributed by atoms with E-state index in [1.807, 2.05) is 0 Å². The van der Waals surface area contributed by atoms with E-state index in [0.29, 0.717) is 0 Å². The number of pyridine rings is 2. The molecule has 0 bridgehead atoms. The molecule has 1 aliphatic rings. The molecule has 2 heterocycles. The molecule has 3 rings (SSSR count). The average molecular weight is 358 g/mol. The van der Waals surface area contributed by atoms with E-state index in [1.54, 1.807) is 0 Å². The van der Waals surface area contributed by atoms with E-state index in [4.69, 9.17) is 0 Å². The third-order valence-electron chi connectivity index (χ3n) is 4.22. The highest BCUT2D eigenvalue weighted by atomic mass is 19.3. The Morgan fingerprint density at radius 2 is 1.04 bits per heavy atom. The molecule has 0 fully saturated rings. The van der Waals surface area contributed by atoms with Crippen LogP contribution in [-0.4, -0.2) is 27.7 Å². The molecule has 0 spiro atoms. The molecule has 2 aromatic rings. The summed E-state index contributed by atoms with van der Waals surface area (Å²) in [5, 5.41) is 0. The van der Waals surface area contributed by atoms with Gasteiger partial charge in [-0.3, -0.25) is 9.97 Å². The molecular weight excluding hydrogens is 346 g/mol. The second kappa shape index (κ2) is 5.31. The summed E-state index contributed by atoms with van der Waals surface area (Å²) in [7, 11) is 0. The fraction of sp³-hybridized carbons (Fsp3) is 0.294. The first-order valence-electron chi connectivity index (χ1n) is 7.26. The van der Waals surface area contributed by atoms with Gasteiger partial charge in [0, 0.05) is 46.1 Å². The highest BCUT2D eigenvalue weighted by Crippen LogP contribution is 2.64. The Bertz CT molecular complexity index is 803. The molecule has 0 radical (unpaired) electrons. The van der Waals surface area contributed by atoms with Gasteiger partial charge >= 0.3 is 17.8 Å². The first kappa shape index (κ1) is 17.4. The van der Waals surface area contributed by atoms with Crippen molar-refractivity contribution in [2.75, 3.05) is 0 Å². The molecule has 2 aromatic heterocycles. The molecule has 132 valence electrons. The minimum atomic E-state index is -5.57. The van der Waals surface area contributed by atoms with Crippen molar-refractivity contribution in [2.24, 2.45) is 0 Å². The van der Waals surface area contributed by atoms with Gasteiger partial charge in [0.15, 0.2) is 0 Å². The maximum absolute atomic E-state index is 14.5. The molecule has 0 N–H and O–H groups in total. The lowest BCUT2D eigenvalue weighted by Crippen LogP contribution is -2.49. The van der Waals surface area contributed by atoms with Crippen LogP contribution in [-0.2, 0) is 0 Å². The van der Waals surface area contributed by atoms with Crippen LogP contribution in [0.1, 0.15) is 22.5 Å². The Kier molecular flexibility index (Phi) is 3.70. The van der Waals surface area contributed by atoms with Gasteiger partial charge in [0.2, 0.25) is 0 Å². The van der Waals surface area contributed by atoms with Gasteiger partial charge in [-0.2, -0.15) is 26.3 Å². The number of rotatable bonds is 2. The summed E-state index contributed by atoms with van der Waals surface area (Å²) >= 11 is 0. The number of nitrogens with zero attached hydrogens (tertiary/aromatic N) is 2. The third-order valence-corrected chi connectivity index (χ3v) is 4.22. The van der Waals surface area contributed by atoms with Crippen molar-refractivity contribution in [1.29, 1.82) is 0 Å². The molecule has 0 amide bonds. The average Bonchev–Trinajstić information content (AvgIpc) is 2.63. The van der Waals surface area contributed by atoms with E-state index < -0.39 is 40.0 Å². The maximum atomic E-state index is 14.5. The Morgan fingerprint density at radius 1 is 0.680 bits per heavy atom. The monoisotopic (exact) mass is 358 g/mol. The smallest absolute Gasteiger partial charge is 0.261 e. The molecule has 0 saturated heterocycles. The zero-order chi connectivity index (χ0) is 18.6. The number of hydrogen-bond acceptors (Lipinski definition) is 2. The van der Waals surface area contributed by atoms with Crippen LogP contribution in [0.3, 0.4) is 0 Å². The van der Waals surface area contributed by atoms with E-state index in [9.17, 15) is 26.3 Å². The zero-order valence-corrected chi connectivity index (χ0v) is 13.1. The number of halogens is 6. The Hall–Kier alpha value is -2.38. The largest absolute Gasteiger partial charge is 0.380 e. The quantitative estimate of drug-likeness (QED) is 0.712. The fourth-order valence-corrected chi connectivity index (χ4v) is 2.93. The van der Waals surface area contributed by atoms with Crippen LogP contribution in [0.2, 0.25) is 0 Å². The minimum absolute atomic E-state index is 0.0512. The topological polar surface area (TPSA) is 25.8 Å². The second-order valence-electron chi connectivity index (χ2n) is 5.75. The van der Waals surface area contributed by atoms with Crippen molar-refractivity contribution in [1.82, 2.24) is 9.97 Å². The van der Waals surface area contributed by atoms with E-state index in [0.717, 1.165) is 12.1 Å². The van der Waals surface area contributed by atoms with Gasteiger partial charge in [0.1, 0.15) is 0 Å². The van der Waals surface area contributed by atoms with Crippen LogP contribution in [0.15, 0.2) is 36.7 Å². The van der Waals surface area contributed by atoms with Crippen molar-refractivity contribution < 1.29 is 26.3 Å². The van der Waals surface area contributed by atoms with Crippen molar-refractivity contribution in [2.45, 2.75) is 31.6 Å². The van der Waals surface area contributed by atoms with E-state index in [2.05, 4.69) is 9.97 Å². The summed E-state index contributed by atoms with van der Waals surface area (Å²) in [6.07, 6.45) is 2.52. The van der Waals surface area contributed by atoms with Crippen LogP contribution >= 0.6 is 0 Å². The number of aromatic nitrogens is 2. The Morgan fingerprint density at radius 3 is 1.36 bits per heavy atom. The molecule has 8 heteroatoms. The van der Waals surface area contributed by atoms with Crippen LogP contribution in [0.25, 0.3) is 11.1 Å². The minimum Gasteiger partial charge on any atom is -0.261 e. The highest BCUT2D eigenvalue weighted by Gasteiger charge is 2.80. The van der Waals surface area contributed by atoms with Crippen LogP contribution in [0.4, 0.5) is 26.3 Å². The lowest BCUT2D eigenvalue weighted by molar-refractivity contribution is -0.254.